The average Bonchev–Trinajstić information content (AvgIpc) is 2.39. The number of nitrogens with one attached hydrogen (secondary N) is 1. The Morgan fingerprint density at radius 2 is 1.94 bits per heavy atom. The van der Waals surface area contributed by atoms with Crippen LogP contribution in [0.1, 0.15) is 31.9 Å². The molecule has 0 saturated carbocycles. The Hall–Kier alpha value is -1.35. The van der Waals surface area contributed by atoms with Crippen LogP contribution in [0.5, 0.6) is 0 Å². The van der Waals surface area contributed by atoms with Gasteiger partial charge < -0.3 is 10.1 Å². The molecule has 1 rings (SSSR count). The topological polar surface area (TPSA) is 38.3 Å². The Morgan fingerprint density at radius 1 is 1.28 bits per heavy atom. The van der Waals surface area contributed by atoms with Gasteiger partial charge in [-0.3, -0.25) is 4.79 Å². The molecule has 0 heterocycles. The molecule has 0 radical (unpaired) electrons. The third-order valence-electron chi connectivity index (χ3n) is 2.95. The summed E-state index contributed by atoms with van der Waals surface area (Å²) in [6.07, 6.45) is 1.03. The van der Waals surface area contributed by atoms with E-state index >= 15 is 0 Å². The molecule has 3 heteroatoms. The van der Waals surface area contributed by atoms with E-state index in [9.17, 15) is 4.79 Å². The van der Waals surface area contributed by atoms with E-state index in [-0.39, 0.29) is 11.9 Å². The van der Waals surface area contributed by atoms with Gasteiger partial charge in [0, 0.05) is 13.1 Å². The number of hydrogen-bond donors (Lipinski definition) is 1. The van der Waals surface area contributed by atoms with Crippen molar-refractivity contribution in [1.29, 1.82) is 0 Å². The molecule has 1 aromatic carbocycles. The number of esters is 1. The highest BCUT2D eigenvalue weighted by atomic mass is 16.5. The maximum atomic E-state index is 11.4. The summed E-state index contributed by atoms with van der Waals surface area (Å²) in [7, 11) is 0. The van der Waals surface area contributed by atoms with Gasteiger partial charge in [-0.15, -0.1) is 0 Å². The first-order valence-corrected chi connectivity index (χ1v) is 6.63. The van der Waals surface area contributed by atoms with Crippen molar-refractivity contribution >= 4 is 5.97 Å². The van der Waals surface area contributed by atoms with Gasteiger partial charge >= 0.3 is 5.97 Å². The van der Waals surface area contributed by atoms with Gasteiger partial charge in [0.25, 0.3) is 0 Å². The van der Waals surface area contributed by atoms with Gasteiger partial charge in [-0.1, -0.05) is 38.1 Å². The quantitative estimate of drug-likeness (QED) is 0.755. The monoisotopic (exact) mass is 249 g/mol. The summed E-state index contributed by atoms with van der Waals surface area (Å²) in [6, 6.07) is 8.38. The van der Waals surface area contributed by atoms with Gasteiger partial charge in [-0.05, 0) is 24.5 Å². The highest BCUT2D eigenvalue weighted by Crippen LogP contribution is 2.09. The van der Waals surface area contributed by atoms with Crippen LogP contribution in [-0.4, -0.2) is 19.1 Å². The molecule has 1 N–H and O–H groups in total. The molecule has 1 atom stereocenters. The second-order valence-electron chi connectivity index (χ2n) is 4.41. The van der Waals surface area contributed by atoms with Crippen molar-refractivity contribution in [1.82, 2.24) is 5.32 Å². The number of carbonyl (C=O) groups excluding carboxylic acids is 1. The summed E-state index contributed by atoms with van der Waals surface area (Å²) in [4.78, 5) is 11.4. The maximum absolute atomic E-state index is 11.4. The molecule has 0 fully saturated rings. The fourth-order valence-electron chi connectivity index (χ4n) is 1.87. The van der Waals surface area contributed by atoms with E-state index in [1.54, 1.807) is 0 Å². The van der Waals surface area contributed by atoms with Crippen molar-refractivity contribution in [2.45, 2.75) is 33.7 Å². The van der Waals surface area contributed by atoms with Crippen LogP contribution < -0.4 is 5.32 Å². The predicted octanol–water partition coefficient (Wildman–Crippen LogP) is 2.54. The molecule has 0 spiro atoms. The zero-order valence-electron chi connectivity index (χ0n) is 11.5. The van der Waals surface area contributed by atoms with E-state index in [0.29, 0.717) is 13.2 Å². The summed E-state index contributed by atoms with van der Waals surface area (Å²) < 4.78 is 4.97. The lowest BCUT2D eigenvalue weighted by Gasteiger charge is -2.13. The number of hydrogen-bond acceptors (Lipinski definition) is 3. The van der Waals surface area contributed by atoms with Gasteiger partial charge in [0.2, 0.25) is 0 Å². The second-order valence-corrected chi connectivity index (χ2v) is 4.41. The lowest BCUT2D eigenvalue weighted by molar-refractivity contribution is -0.147. The average molecular weight is 249 g/mol. The van der Waals surface area contributed by atoms with Crippen molar-refractivity contribution in [2.24, 2.45) is 5.92 Å². The van der Waals surface area contributed by atoms with Crippen LogP contribution in [0.25, 0.3) is 0 Å². The third kappa shape index (κ3) is 4.49. The van der Waals surface area contributed by atoms with Crippen LogP contribution in [0, 0.1) is 5.92 Å². The van der Waals surface area contributed by atoms with Crippen LogP contribution in [-0.2, 0) is 22.5 Å². The molecule has 100 valence electrons. The predicted molar refractivity (Wildman–Crippen MR) is 73.3 cm³/mol. The SMILES string of the molecule is CCOC(=O)C(C)CNCc1ccccc1CC. The minimum Gasteiger partial charge on any atom is -0.466 e. The summed E-state index contributed by atoms with van der Waals surface area (Å²) in [5.74, 6) is -0.229. The van der Waals surface area contributed by atoms with Gasteiger partial charge in [0.1, 0.15) is 0 Å². The molecule has 0 aliphatic heterocycles. The first-order chi connectivity index (χ1) is 8.69. The standard InChI is InChI=1S/C15H23NO2/c1-4-13-8-6-7-9-14(13)11-16-10-12(3)15(17)18-5-2/h6-9,12,16H,4-5,10-11H2,1-3H3. The fourth-order valence-corrected chi connectivity index (χ4v) is 1.87. The van der Waals surface area contributed by atoms with Crippen LogP contribution in [0.4, 0.5) is 0 Å². The van der Waals surface area contributed by atoms with Gasteiger partial charge in [0.05, 0.1) is 12.5 Å². The van der Waals surface area contributed by atoms with E-state index in [4.69, 9.17) is 4.74 Å². The van der Waals surface area contributed by atoms with E-state index < -0.39 is 0 Å². The zero-order chi connectivity index (χ0) is 13.4. The first kappa shape index (κ1) is 14.7. The Labute approximate surface area is 110 Å². The third-order valence-corrected chi connectivity index (χ3v) is 2.95. The highest BCUT2D eigenvalue weighted by molar-refractivity contribution is 5.72. The molecule has 1 unspecified atom stereocenters. The molecule has 18 heavy (non-hydrogen) atoms. The van der Waals surface area contributed by atoms with Crippen LogP contribution in [0.15, 0.2) is 24.3 Å². The summed E-state index contributed by atoms with van der Waals surface area (Å²) in [5, 5.41) is 3.31. The summed E-state index contributed by atoms with van der Waals surface area (Å²) >= 11 is 0. The summed E-state index contributed by atoms with van der Waals surface area (Å²) in [6.45, 7) is 7.76. The number of benzene rings is 1. The lowest BCUT2D eigenvalue weighted by Crippen LogP contribution is -2.27. The van der Waals surface area contributed by atoms with Crippen molar-refractivity contribution in [3.05, 3.63) is 35.4 Å². The van der Waals surface area contributed by atoms with Crippen LogP contribution >= 0.6 is 0 Å². The van der Waals surface area contributed by atoms with E-state index in [1.807, 2.05) is 19.9 Å². The fraction of sp³-hybridized carbons (Fsp3) is 0.533. The molecule has 0 aromatic heterocycles. The molecule has 0 aliphatic rings. The summed E-state index contributed by atoms with van der Waals surface area (Å²) in [5.41, 5.74) is 2.66. The number of rotatable bonds is 7. The Bertz CT molecular complexity index is 377. The molecule has 0 aliphatic carbocycles. The number of aryl methyl sites for hydroxylation is 1. The highest BCUT2D eigenvalue weighted by Gasteiger charge is 2.13. The maximum Gasteiger partial charge on any atom is 0.309 e. The van der Waals surface area contributed by atoms with Gasteiger partial charge in [0.15, 0.2) is 0 Å². The van der Waals surface area contributed by atoms with E-state index in [2.05, 4.69) is 30.4 Å². The van der Waals surface area contributed by atoms with Gasteiger partial charge in [-0.25, -0.2) is 0 Å². The Kier molecular flexibility index (Phi) is 6.44. The number of ether oxygens (including phenoxy) is 1. The van der Waals surface area contributed by atoms with Crippen molar-refractivity contribution in [3.63, 3.8) is 0 Å². The first-order valence-electron chi connectivity index (χ1n) is 6.63. The van der Waals surface area contributed by atoms with E-state index in [1.165, 1.54) is 11.1 Å². The van der Waals surface area contributed by atoms with Crippen LogP contribution in [0.2, 0.25) is 0 Å². The molecule has 3 nitrogen and oxygen atoms in total. The molecule has 1 aromatic rings. The Balaban J connectivity index is 2.39. The van der Waals surface area contributed by atoms with Crippen molar-refractivity contribution < 1.29 is 9.53 Å². The molecular formula is C15H23NO2. The minimum atomic E-state index is -0.131. The smallest absolute Gasteiger partial charge is 0.309 e. The normalized spacial score (nSPS) is 12.2. The number of carbonyl (C=O) groups is 1. The zero-order valence-corrected chi connectivity index (χ0v) is 11.5. The largest absolute Gasteiger partial charge is 0.466 e. The molecule has 0 bridgehead atoms. The van der Waals surface area contributed by atoms with Crippen molar-refractivity contribution in [3.8, 4) is 0 Å². The molecular weight excluding hydrogens is 226 g/mol. The minimum absolute atomic E-state index is 0.0984. The second kappa shape index (κ2) is 7.88. The van der Waals surface area contributed by atoms with Crippen LogP contribution in [0.3, 0.4) is 0 Å². The van der Waals surface area contributed by atoms with E-state index in [0.717, 1.165) is 13.0 Å². The lowest BCUT2D eigenvalue weighted by atomic mass is 10.1. The Morgan fingerprint density at radius 3 is 2.56 bits per heavy atom. The van der Waals surface area contributed by atoms with Crippen molar-refractivity contribution in [2.75, 3.05) is 13.2 Å². The van der Waals surface area contributed by atoms with Gasteiger partial charge in [-0.2, -0.15) is 0 Å². The molecule has 0 saturated heterocycles. The molecule has 0 amide bonds.